The highest BCUT2D eigenvalue weighted by Gasteiger charge is 2.10. The zero-order valence-corrected chi connectivity index (χ0v) is 13.5. The number of allylic oxidation sites excluding steroid dienone is 8. The molecule has 1 aliphatic rings. The van der Waals surface area contributed by atoms with E-state index < -0.39 is 0 Å². The highest BCUT2D eigenvalue weighted by molar-refractivity contribution is 5.62. The minimum atomic E-state index is -0.194. The number of piperidine rings is 1. The summed E-state index contributed by atoms with van der Waals surface area (Å²) in [7, 11) is 0. The van der Waals surface area contributed by atoms with Crippen LogP contribution in [0, 0.1) is 5.92 Å². The number of nitrogens with one attached hydrogen (secondary N) is 1. The largest absolute Gasteiger partial charge is 0.317 e. The van der Waals surface area contributed by atoms with Crippen LogP contribution in [0.4, 0.5) is 4.39 Å². The van der Waals surface area contributed by atoms with Crippen LogP contribution in [0.15, 0.2) is 65.6 Å². The molecule has 120 valence electrons. The van der Waals surface area contributed by atoms with Gasteiger partial charge in [0.1, 0.15) is 5.83 Å². The molecular formula is C19H27FN2. The lowest BCUT2D eigenvalue weighted by molar-refractivity contribution is 0.462. The number of hydrogen-bond donors (Lipinski definition) is 1. The standard InChI is InChI=1S/C19H27FN2/c1-4-7-17(19(20)6-3)9-10-18(8-5-2)22-15-16-11-13-21-14-12-16/h4-8,15-16,21H,1-2,9-14H2,3H3/b17-7-,18-8-,19-6+,22-15+. The molecule has 1 saturated heterocycles. The summed E-state index contributed by atoms with van der Waals surface area (Å²) in [5.41, 5.74) is 1.59. The molecule has 0 spiro atoms. The van der Waals surface area contributed by atoms with Gasteiger partial charge in [0.2, 0.25) is 0 Å². The van der Waals surface area contributed by atoms with Gasteiger partial charge in [-0.3, -0.25) is 4.99 Å². The van der Waals surface area contributed by atoms with Crippen LogP contribution >= 0.6 is 0 Å². The first-order valence-electron chi connectivity index (χ1n) is 7.91. The Bertz CT molecular complexity index is 478. The average molecular weight is 302 g/mol. The molecule has 0 unspecified atom stereocenters. The highest BCUT2D eigenvalue weighted by Crippen LogP contribution is 2.21. The second-order valence-electron chi connectivity index (χ2n) is 5.32. The molecule has 0 saturated carbocycles. The Hall–Kier alpha value is -1.74. The van der Waals surface area contributed by atoms with Crippen LogP contribution < -0.4 is 5.32 Å². The van der Waals surface area contributed by atoms with E-state index in [4.69, 9.17) is 0 Å². The third-order valence-electron chi connectivity index (χ3n) is 3.67. The lowest BCUT2D eigenvalue weighted by atomic mass is 9.99. The van der Waals surface area contributed by atoms with E-state index >= 15 is 0 Å². The summed E-state index contributed by atoms with van der Waals surface area (Å²) in [6.07, 6.45) is 14.0. The van der Waals surface area contributed by atoms with Crippen LogP contribution in [0.3, 0.4) is 0 Å². The smallest absolute Gasteiger partial charge is 0.122 e. The number of nitrogens with zero attached hydrogens (tertiary/aromatic N) is 1. The molecule has 0 aliphatic carbocycles. The SMILES string of the molecule is C=C/C=C(CCC(=C/C=C)/C(F)=C\C)\N=C\C1CCNCC1. The lowest BCUT2D eigenvalue weighted by Gasteiger charge is -2.18. The summed E-state index contributed by atoms with van der Waals surface area (Å²) in [6, 6.07) is 0. The van der Waals surface area contributed by atoms with Gasteiger partial charge >= 0.3 is 0 Å². The van der Waals surface area contributed by atoms with Crippen molar-refractivity contribution in [2.45, 2.75) is 32.6 Å². The molecule has 2 nitrogen and oxygen atoms in total. The first-order valence-corrected chi connectivity index (χ1v) is 7.91. The predicted molar refractivity (Wildman–Crippen MR) is 94.7 cm³/mol. The van der Waals surface area contributed by atoms with Gasteiger partial charge in [-0.05, 0) is 63.3 Å². The van der Waals surface area contributed by atoms with Crippen molar-refractivity contribution in [1.82, 2.24) is 5.32 Å². The second-order valence-corrected chi connectivity index (χ2v) is 5.32. The van der Waals surface area contributed by atoms with Gasteiger partial charge in [0, 0.05) is 11.9 Å². The Balaban J connectivity index is 2.65. The summed E-state index contributed by atoms with van der Waals surface area (Å²) < 4.78 is 13.8. The molecule has 1 N–H and O–H groups in total. The topological polar surface area (TPSA) is 24.4 Å². The molecule has 0 aromatic carbocycles. The summed E-state index contributed by atoms with van der Waals surface area (Å²) >= 11 is 0. The van der Waals surface area contributed by atoms with Gasteiger partial charge in [0.15, 0.2) is 0 Å². The third-order valence-corrected chi connectivity index (χ3v) is 3.67. The van der Waals surface area contributed by atoms with Crippen molar-refractivity contribution in [3.8, 4) is 0 Å². The molecule has 0 aromatic rings. The van der Waals surface area contributed by atoms with E-state index in [1.807, 2.05) is 12.3 Å². The molecule has 3 heteroatoms. The van der Waals surface area contributed by atoms with Gasteiger partial charge in [0.25, 0.3) is 0 Å². The normalized spacial score (nSPS) is 18.7. The van der Waals surface area contributed by atoms with Gasteiger partial charge in [-0.2, -0.15) is 0 Å². The van der Waals surface area contributed by atoms with Crippen molar-refractivity contribution in [3.05, 3.63) is 60.6 Å². The lowest BCUT2D eigenvalue weighted by Crippen LogP contribution is -2.28. The Morgan fingerprint density at radius 1 is 1.18 bits per heavy atom. The molecule has 0 aromatic heterocycles. The zero-order valence-electron chi connectivity index (χ0n) is 13.5. The Morgan fingerprint density at radius 3 is 2.45 bits per heavy atom. The van der Waals surface area contributed by atoms with Crippen molar-refractivity contribution in [2.24, 2.45) is 10.9 Å². The van der Waals surface area contributed by atoms with Crippen molar-refractivity contribution in [1.29, 1.82) is 0 Å². The summed E-state index contributed by atoms with van der Waals surface area (Å²) in [4.78, 5) is 4.60. The average Bonchev–Trinajstić information content (AvgIpc) is 2.56. The van der Waals surface area contributed by atoms with Crippen LogP contribution in [0.25, 0.3) is 0 Å². The number of hydrogen-bond acceptors (Lipinski definition) is 2. The van der Waals surface area contributed by atoms with Gasteiger partial charge in [-0.1, -0.05) is 37.5 Å². The number of aliphatic imine (C=N–C) groups is 1. The first kappa shape index (κ1) is 18.3. The Labute approximate surface area is 133 Å². The molecular weight excluding hydrogens is 275 g/mol. The molecule has 1 fully saturated rings. The highest BCUT2D eigenvalue weighted by atomic mass is 19.1. The molecule has 0 atom stereocenters. The molecule has 1 rings (SSSR count). The van der Waals surface area contributed by atoms with E-state index in [1.54, 1.807) is 25.2 Å². The van der Waals surface area contributed by atoms with Crippen molar-refractivity contribution >= 4 is 6.21 Å². The second kappa shape index (κ2) is 10.9. The first-order chi connectivity index (χ1) is 10.7. The van der Waals surface area contributed by atoms with Gasteiger partial charge in [-0.25, -0.2) is 4.39 Å². The van der Waals surface area contributed by atoms with Crippen molar-refractivity contribution < 1.29 is 4.39 Å². The fraction of sp³-hybridized carbons (Fsp3) is 0.421. The van der Waals surface area contributed by atoms with Crippen LogP contribution in [0.2, 0.25) is 0 Å². The van der Waals surface area contributed by atoms with E-state index in [-0.39, 0.29) is 5.83 Å². The molecule has 0 amide bonds. The molecule has 0 radical (unpaired) electrons. The third kappa shape index (κ3) is 6.81. The quantitative estimate of drug-likeness (QED) is 0.501. The van der Waals surface area contributed by atoms with Crippen LogP contribution in [0.5, 0.6) is 0 Å². The number of rotatable bonds is 8. The van der Waals surface area contributed by atoms with E-state index in [2.05, 4.69) is 23.5 Å². The summed E-state index contributed by atoms with van der Waals surface area (Å²) in [5.74, 6) is 0.338. The Kier molecular flexibility index (Phi) is 9.08. The van der Waals surface area contributed by atoms with Crippen LogP contribution in [-0.4, -0.2) is 19.3 Å². The van der Waals surface area contributed by atoms with E-state index in [9.17, 15) is 4.39 Å². The fourth-order valence-electron chi connectivity index (χ4n) is 2.39. The maximum absolute atomic E-state index is 13.8. The summed E-state index contributed by atoms with van der Waals surface area (Å²) in [5, 5.41) is 3.34. The van der Waals surface area contributed by atoms with E-state index in [1.165, 1.54) is 6.08 Å². The molecule has 1 aliphatic heterocycles. The van der Waals surface area contributed by atoms with Crippen molar-refractivity contribution in [2.75, 3.05) is 13.1 Å². The predicted octanol–water partition coefficient (Wildman–Crippen LogP) is 4.89. The zero-order chi connectivity index (χ0) is 16.2. The monoisotopic (exact) mass is 302 g/mol. The summed E-state index contributed by atoms with van der Waals surface area (Å²) in [6.45, 7) is 11.2. The fourth-order valence-corrected chi connectivity index (χ4v) is 2.39. The number of halogens is 1. The minimum Gasteiger partial charge on any atom is -0.317 e. The minimum absolute atomic E-state index is 0.194. The molecule has 22 heavy (non-hydrogen) atoms. The van der Waals surface area contributed by atoms with Crippen LogP contribution in [-0.2, 0) is 0 Å². The van der Waals surface area contributed by atoms with E-state index in [0.29, 0.717) is 24.3 Å². The van der Waals surface area contributed by atoms with Gasteiger partial charge in [0.05, 0.1) is 0 Å². The van der Waals surface area contributed by atoms with Gasteiger partial charge in [-0.15, -0.1) is 0 Å². The molecule has 1 heterocycles. The maximum atomic E-state index is 13.8. The van der Waals surface area contributed by atoms with Crippen molar-refractivity contribution in [3.63, 3.8) is 0 Å². The maximum Gasteiger partial charge on any atom is 0.122 e. The van der Waals surface area contributed by atoms with E-state index in [0.717, 1.165) is 31.6 Å². The van der Waals surface area contributed by atoms with Gasteiger partial charge < -0.3 is 5.32 Å². The Morgan fingerprint density at radius 2 is 1.86 bits per heavy atom. The molecule has 0 bridgehead atoms. The van der Waals surface area contributed by atoms with Crippen LogP contribution in [0.1, 0.15) is 32.6 Å².